The SMILES string of the molecule is CCOC(=O)CCN(CCCN(C)C)C(=O)COc1c(C)cccc1C. The van der Waals surface area contributed by atoms with Gasteiger partial charge in [-0.3, -0.25) is 9.59 Å². The maximum atomic E-state index is 12.6. The van der Waals surface area contributed by atoms with E-state index in [1.54, 1.807) is 11.8 Å². The number of rotatable bonds is 11. The van der Waals surface area contributed by atoms with Gasteiger partial charge in [0.05, 0.1) is 13.0 Å². The summed E-state index contributed by atoms with van der Waals surface area (Å²) < 4.78 is 10.7. The second-order valence-electron chi connectivity index (χ2n) is 6.60. The second kappa shape index (κ2) is 11.5. The van der Waals surface area contributed by atoms with E-state index in [4.69, 9.17) is 9.47 Å². The van der Waals surface area contributed by atoms with Crippen molar-refractivity contribution < 1.29 is 19.1 Å². The molecule has 146 valence electrons. The van der Waals surface area contributed by atoms with Gasteiger partial charge in [0.25, 0.3) is 5.91 Å². The van der Waals surface area contributed by atoms with Crippen LogP contribution in [0.3, 0.4) is 0 Å². The first kappa shape index (κ1) is 22.0. The summed E-state index contributed by atoms with van der Waals surface area (Å²) in [5, 5.41) is 0. The number of nitrogens with zero attached hydrogens (tertiary/aromatic N) is 2. The molecule has 6 heteroatoms. The van der Waals surface area contributed by atoms with Crippen molar-refractivity contribution in [1.82, 2.24) is 9.80 Å². The minimum absolute atomic E-state index is 0.0313. The van der Waals surface area contributed by atoms with E-state index in [1.165, 1.54) is 0 Å². The van der Waals surface area contributed by atoms with Crippen LogP contribution in [0.25, 0.3) is 0 Å². The molecule has 1 aromatic carbocycles. The number of hydrogen-bond donors (Lipinski definition) is 0. The van der Waals surface area contributed by atoms with E-state index in [0.29, 0.717) is 19.7 Å². The Morgan fingerprint density at radius 1 is 1.04 bits per heavy atom. The molecule has 0 bridgehead atoms. The molecule has 0 aromatic heterocycles. The van der Waals surface area contributed by atoms with Crippen LogP contribution in [0.2, 0.25) is 0 Å². The molecule has 0 heterocycles. The first-order valence-electron chi connectivity index (χ1n) is 9.12. The number of amides is 1. The lowest BCUT2D eigenvalue weighted by Crippen LogP contribution is -2.38. The topological polar surface area (TPSA) is 59.1 Å². The highest BCUT2D eigenvalue weighted by molar-refractivity contribution is 5.78. The third kappa shape index (κ3) is 7.87. The molecule has 0 N–H and O–H groups in total. The fraction of sp³-hybridized carbons (Fsp3) is 0.600. The van der Waals surface area contributed by atoms with Gasteiger partial charge < -0.3 is 19.3 Å². The van der Waals surface area contributed by atoms with Crippen LogP contribution in [0.5, 0.6) is 5.75 Å². The molecule has 0 aliphatic rings. The molecule has 0 saturated heterocycles. The summed E-state index contributed by atoms with van der Waals surface area (Å²) >= 11 is 0. The Balaban J connectivity index is 2.64. The molecule has 6 nitrogen and oxygen atoms in total. The Morgan fingerprint density at radius 2 is 1.69 bits per heavy atom. The molecular weight excluding hydrogens is 332 g/mol. The summed E-state index contributed by atoms with van der Waals surface area (Å²) in [6.45, 7) is 7.83. The molecule has 0 aliphatic carbocycles. The van der Waals surface area contributed by atoms with Crippen molar-refractivity contribution in [3.63, 3.8) is 0 Å². The molecule has 1 amide bonds. The van der Waals surface area contributed by atoms with Gasteiger partial charge >= 0.3 is 5.97 Å². The van der Waals surface area contributed by atoms with E-state index in [9.17, 15) is 9.59 Å². The van der Waals surface area contributed by atoms with Crippen LogP contribution in [0.15, 0.2) is 18.2 Å². The number of hydrogen-bond acceptors (Lipinski definition) is 5. The van der Waals surface area contributed by atoms with Crippen LogP contribution in [0, 0.1) is 13.8 Å². The fourth-order valence-electron chi connectivity index (χ4n) is 2.65. The van der Waals surface area contributed by atoms with Gasteiger partial charge in [0, 0.05) is 13.1 Å². The van der Waals surface area contributed by atoms with E-state index in [-0.39, 0.29) is 24.9 Å². The summed E-state index contributed by atoms with van der Waals surface area (Å²) in [7, 11) is 3.99. The third-order valence-electron chi connectivity index (χ3n) is 4.03. The van der Waals surface area contributed by atoms with Crippen molar-refractivity contribution in [3.05, 3.63) is 29.3 Å². The van der Waals surface area contributed by atoms with Crippen LogP contribution >= 0.6 is 0 Å². The van der Waals surface area contributed by atoms with Gasteiger partial charge in [-0.25, -0.2) is 0 Å². The van der Waals surface area contributed by atoms with Crippen molar-refractivity contribution in [2.75, 3.05) is 46.9 Å². The van der Waals surface area contributed by atoms with Crippen molar-refractivity contribution in [1.29, 1.82) is 0 Å². The zero-order chi connectivity index (χ0) is 19.5. The molecule has 1 rings (SSSR count). The summed E-state index contributed by atoms with van der Waals surface area (Å²) in [4.78, 5) is 28.0. The molecular formula is C20H32N2O4. The number of aryl methyl sites for hydroxylation is 2. The number of esters is 1. The smallest absolute Gasteiger partial charge is 0.307 e. The quantitative estimate of drug-likeness (QED) is 0.565. The monoisotopic (exact) mass is 364 g/mol. The summed E-state index contributed by atoms with van der Waals surface area (Å²) in [6.07, 6.45) is 1.04. The zero-order valence-electron chi connectivity index (χ0n) is 16.7. The molecule has 0 atom stereocenters. The average Bonchev–Trinajstić information content (AvgIpc) is 2.57. The van der Waals surface area contributed by atoms with Crippen LogP contribution in [-0.2, 0) is 14.3 Å². The minimum atomic E-state index is -0.284. The van der Waals surface area contributed by atoms with Gasteiger partial charge in [0.1, 0.15) is 5.75 Å². The van der Waals surface area contributed by atoms with Crippen molar-refractivity contribution >= 4 is 11.9 Å². The standard InChI is InChI=1S/C20H32N2O4/c1-6-25-19(24)11-14-22(13-8-12-21(4)5)18(23)15-26-20-16(2)9-7-10-17(20)3/h7,9-10H,6,8,11-15H2,1-5H3. The number of carbonyl (C=O) groups excluding carboxylic acids is 2. The normalized spacial score (nSPS) is 10.7. The first-order valence-corrected chi connectivity index (χ1v) is 9.12. The van der Waals surface area contributed by atoms with E-state index in [2.05, 4.69) is 4.90 Å². The van der Waals surface area contributed by atoms with Crippen LogP contribution < -0.4 is 4.74 Å². The number of benzene rings is 1. The highest BCUT2D eigenvalue weighted by Gasteiger charge is 2.17. The van der Waals surface area contributed by atoms with E-state index < -0.39 is 0 Å². The van der Waals surface area contributed by atoms with E-state index >= 15 is 0 Å². The molecule has 26 heavy (non-hydrogen) atoms. The van der Waals surface area contributed by atoms with Gasteiger partial charge in [-0.15, -0.1) is 0 Å². The molecule has 1 aromatic rings. The summed E-state index contributed by atoms with van der Waals surface area (Å²) in [5.41, 5.74) is 2.01. The Kier molecular flexibility index (Phi) is 9.73. The van der Waals surface area contributed by atoms with Crippen LogP contribution in [0.1, 0.15) is 30.9 Å². The Morgan fingerprint density at radius 3 is 2.27 bits per heavy atom. The Bertz CT molecular complexity index is 567. The molecule has 0 radical (unpaired) electrons. The number of para-hydroxylation sites is 1. The lowest BCUT2D eigenvalue weighted by molar-refractivity contribution is -0.144. The second-order valence-corrected chi connectivity index (χ2v) is 6.60. The Labute approximate surface area is 157 Å². The largest absolute Gasteiger partial charge is 0.483 e. The molecule has 0 aliphatic heterocycles. The van der Waals surface area contributed by atoms with Gasteiger partial charge in [-0.2, -0.15) is 0 Å². The van der Waals surface area contributed by atoms with Gasteiger partial charge in [0.2, 0.25) is 0 Å². The fourth-order valence-corrected chi connectivity index (χ4v) is 2.65. The lowest BCUT2D eigenvalue weighted by Gasteiger charge is -2.24. The van der Waals surface area contributed by atoms with Crippen LogP contribution in [-0.4, -0.2) is 68.6 Å². The van der Waals surface area contributed by atoms with Crippen molar-refractivity contribution in [3.8, 4) is 5.75 Å². The average molecular weight is 364 g/mol. The van der Waals surface area contributed by atoms with Gasteiger partial charge in [0.15, 0.2) is 6.61 Å². The number of carbonyl (C=O) groups is 2. The maximum Gasteiger partial charge on any atom is 0.307 e. The number of ether oxygens (including phenoxy) is 2. The highest BCUT2D eigenvalue weighted by atomic mass is 16.5. The Hall–Kier alpha value is -2.08. The molecule has 0 fully saturated rings. The minimum Gasteiger partial charge on any atom is -0.483 e. The lowest BCUT2D eigenvalue weighted by atomic mass is 10.1. The van der Waals surface area contributed by atoms with E-state index in [1.807, 2.05) is 46.1 Å². The highest BCUT2D eigenvalue weighted by Crippen LogP contribution is 2.22. The van der Waals surface area contributed by atoms with Gasteiger partial charge in [-0.1, -0.05) is 18.2 Å². The zero-order valence-corrected chi connectivity index (χ0v) is 16.7. The first-order chi connectivity index (χ1) is 12.3. The van der Waals surface area contributed by atoms with Crippen LogP contribution in [0.4, 0.5) is 0 Å². The molecule has 0 spiro atoms. The summed E-state index contributed by atoms with van der Waals surface area (Å²) in [5.74, 6) is 0.351. The van der Waals surface area contributed by atoms with E-state index in [0.717, 1.165) is 29.8 Å². The molecule has 0 saturated carbocycles. The molecule has 0 unspecified atom stereocenters. The summed E-state index contributed by atoms with van der Waals surface area (Å²) in [6, 6.07) is 5.89. The predicted molar refractivity (Wildman–Crippen MR) is 102 cm³/mol. The van der Waals surface area contributed by atoms with Crippen molar-refractivity contribution in [2.24, 2.45) is 0 Å². The third-order valence-corrected chi connectivity index (χ3v) is 4.03. The van der Waals surface area contributed by atoms with Crippen molar-refractivity contribution in [2.45, 2.75) is 33.6 Å². The predicted octanol–water partition coefficient (Wildman–Crippen LogP) is 2.42. The van der Waals surface area contributed by atoms with Gasteiger partial charge in [-0.05, 0) is 59.0 Å². The maximum absolute atomic E-state index is 12.6.